The van der Waals surface area contributed by atoms with E-state index in [0.29, 0.717) is 6.42 Å². The van der Waals surface area contributed by atoms with E-state index < -0.39 is 0 Å². The summed E-state index contributed by atoms with van der Waals surface area (Å²) >= 11 is 7.68. The average Bonchev–Trinajstić information content (AvgIpc) is 2.08. The second kappa shape index (κ2) is 4.89. The maximum Gasteiger partial charge on any atom is 0.0553 e. The zero-order chi connectivity index (χ0) is 9.84. The highest BCUT2D eigenvalue weighted by molar-refractivity contribution is 7.98. The zero-order valence-electron chi connectivity index (χ0n) is 7.75. The lowest BCUT2D eigenvalue weighted by Crippen LogP contribution is -2.05. The number of thioether (sulfide) groups is 1. The van der Waals surface area contributed by atoms with E-state index in [2.05, 4.69) is 0 Å². The molecule has 1 nitrogen and oxygen atoms in total. The number of aliphatic hydroxyl groups excluding tert-OH is 1. The van der Waals surface area contributed by atoms with Gasteiger partial charge in [0.1, 0.15) is 0 Å². The third-order valence-corrected chi connectivity index (χ3v) is 2.97. The predicted octanol–water partition coefficient (Wildman–Crippen LogP) is 2.99. The molecule has 72 valence electrons. The van der Waals surface area contributed by atoms with Gasteiger partial charge in [0, 0.05) is 16.3 Å². The number of hydrogen-bond acceptors (Lipinski definition) is 2. The first-order valence-corrected chi connectivity index (χ1v) is 5.75. The van der Waals surface area contributed by atoms with Gasteiger partial charge in [-0.05, 0) is 30.9 Å². The van der Waals surface area contributed by atoms with Crippen LogP contribution >= 0.6 is 23.4 Å². The lowest BCUT2D eigenvalue weighted by molar-refractivity contribution is 0.195. The first kappa shape index (κ1) is 10.9. The van der Waals surface area contributed by atoms with Crippen molar-refractivity contribution in [3.05, 3.63) is 28.8 Å². The second-order valence-electron chi connectivity index (χ2n) is 2.97. The molecule has 0 aliphatic heterocycles. The topological polar surface area (TPSA) is 20.2 Å². The summed E-state index contributed by atoms with van der Waals surface area (Å²) in [5.41, 5.74) is 1.05. The lowest BCUT2D eigenvalue weighted by atomic mass is 10.1. The minimum Gasteiger partial charge on any atom is -0.393 e. The molecule has 0 heterocycles. The van der Waals surface area contributed by atoms with Crippen LogP contribution < -0.4 is 0 Å². The van der Waals surface area contributed by atoms with Crippen molar-refractivity contribution in [3.8, 4) is 0 Å². The van der Waals surface area contributed by atoms with Crippen LogP contribution in [0.15, 0.2) is 23.1 Å². The quantitative estimate of drug-likeness (QED) is 0.784. The van der Waals surface area contributed by atoms with Crippen LogP contribution in [0.3, 0.4) is 0 Å². The van der Waals surface area contributed by atoms with Crippen molar-refractivity contribution in [2.24, 2.45) is 0 Å². The van der Waals surface area contributed by atoms with Crippen molar-refractivity contribution in [2.75, 3.05) is 6.26 Å². The van der Waals surface area contributed by atoms with Crippen LogP contribution in [-0.2, 0) is 6.42 Å². The highest BCUT2D eigenvalue weighted by Crippen LogP contribution is 2.27. The standard InChI is InChI=1S/C10H13ClOS/c1-7(12)6-8-9(11)4-3-5-10(8)13-2/h3-5,7,12H,6H2,1-2H3. The Labute approximate surface area is 88.1 Å². The van der Waals surface area contributed by atoms with Crippen LogP contribution in [0.25, 0.3) is 0 Å². The minimum absolute atomic E-state index is 0.342. The molecule has 1 rings (SSSR count). The summed E-state index contributed by atoms with van der Waals surface area (Å²) in [5, 5.41) is 10.0. The summed E-state index contributed by atoms with van der Waals surface area (Å²) in [4.78, 5) is 1.15. The Hall–Kier alpha value is -0.180. The SMILES string of the molecule is CSc1cccc(Cl)c1CC(C)O. The van der Waals surface area contributed by atoms with E-state index in [1.807, 2.05) is 24.5 Å². The van der Waals surface area contributed by atoms with E-state index in [9.17, 15) is 5.11 Å². The summed E-state index contributed by atoms with van der Waals surface area (Å²) in [6.07, 6.45) is 2.29. The molecular formula is C10H13ClOS. The Morgan fingerprint density at radius 3 is 2.77 bits per heavy atom. The minimum atomic E-state index is -0.342. The lowest BCUT2D eigenvalue weighted by Gasteiger charge is -2.10. The molecule has 1 aromatic rings. The molecule has 1 N–H and O–H groups in total. The fraction of sp³-hybridized carbons (Fsp3) is 0.400. The van der Waals surface area contributed by atoms with E-state index in [1.165, 1.54) is 0 Å². The fourth-order valence-electron chi connectivity index (χ4n) is 1.22. The van der Waals surface area contributed by atoms with Gasteiger partial charge in [-0.25, -0.2) is 0 Å². The Morgan fingerprint density at radius 1 is 1.54 bits per heavy atom. The normalized spacial score (nSPS) is 12.9. The highest BCUT2D eigenvalue weighted by atomic mass is 35.5. The van der Waals surface area contributed by atoms with Crippen LogP contribution in [0.4, 0.5) is 0 Å². The number of halogens is 1. The van der Waals surface area contributed by atoms with Gasteiger partial charge in [-0.1, -0.05) is 17.7 Å². The summed E-state index contributed by atoms with van der Waals surface area (Å²) in [5.74, 6) is 0. The van der Waals surface area contributed by atoms with Crippen LogP contribution in [-0.4, -0.2) is 17.5 Å². The number of aliphatic hydroxyl groups is 1. The molecule has 0 bridgehead atoms. The molecule has 1 unspecified atom stereocenters. The molecule has 1 aromatic carbocycles. The number of rotatable bonds is 3. The van der Waals surface area contributed by atoms with Crippen molar-refractivity contribution in [3.63, 3.8) is 0 Å². The third kappa shape index (κ3) is 2.90. The van der Waals surface area contributed by atoms with E-state index in [0.717, 1.165) is 15.5 Å². The highest BCUT2D eigenvalue weighted by Gasteiger charge is 2.08. The monoisotopic (exact) mass is 216 g/mol. The molecule has 0 fully saturated rings. The van der Waals surface area contributed by atoms with Crippen molar-refractivity contribution in [1.29, 1.82) is 0 Å². The number of benzene rings is 1. The molecule has 13 heavy (non-hydrogen) atoms. The van der Waals surface area contributed by atoms with E-state index >= 15 is 0 Å². The van der Waals surface area contributed by atoms with Gasteiger partial charge in [0.05, 0.1) is 6.10 Å². The van der Waals surface area contributed by atoms with Crippen molar-refractivity contribution < 1.29 is 5.11 Å². The predicted molar refractivity (Wildman–Crippen MR) is 58.6 cm³/mol. The molecule has 0 spiro atoms. The molecule has 0 aliphatic carbocycles. The Kier molecular flexibility index (Phi) is 4.10. The Morgan fingerprint density at radius 2 is 2.23 bits per heavy atom. The van der Waals surface area contributed by atoms with E-state index in [4.69, 9.17) is 11.6 Å². The number of hydrogen-bond donors (Lipinski definition) is 1. The van der Waals surface area contributed by atoms with Gasteiger partial charge in [0.25, 0.3) is 0 Å². The smallest absolute Gasteiger partial charge is 0.0553 e. The molecule has 0 aromatic heterocycles. The molecule has 0 saturated carbocycles. The summed E-state index contributed by atoms with van der Waals surface area (Å²) in [6.45, 7) is 1.77. The summed E-state index contributed by atoms with van der Waals surface area (Å²) in [7, 11) is 0. The Balaban J connectivity index is 3.00. The van der Waals surface area contributed by atoms with Gasteiger partial charge in [0.2, 0.25) is 0 Å². The van der Waals surface area contributed by atoms with Gasteiger partial charge in [-0.3, -0.25) is 0 Å². The van der Waals surface area contributed by atoms with Gasteiger partial charge in [0.15, 0.2) is 0 Å². The van der Waals surface area contributed by atoms with Crippen molar-refractivity contribution in [2.45, 2.75) is 24.3 Å². The second-order valence-corrected chi connectivity index (χ2v) is 4.23. The fourth-order valence-corrected chi connectivity index (χ4v) is 2.19. The molecule has 0 aliphatic rings. The van der Waals surface area contributed by atoms with Crippen molar-refractivity contribution in [1.82, 2.24) is 0 Å². The molecule has 1 atom stereocenters. The first-order chi connectivity index (χ1) is 6.15. The third-order valence-electron chi connectivity index (χ3n) is 1.80. The van der Waals surface area contributed by atoms with Gasteiger partial charge >= 0.3 is 0 Å². The van der Waals surface area contributed by atoms with Crippen LogP contribution in [0, 0.1) is 0 Å². The Bertz CT molecular complexity index is 286. The van der Waals surface area contributed by atoms with Crippen LogP contribution in [0.2, 0.25) is 5.02 Å². The summed E-state index contributed by atoms with van der Waals surface area (Å²) in [6, 6.07) is 5.81. The van der Waals surface area contributed by atoms with E-state index in [1.54, 1.807) is 18.7 Å². The van der Waals surface area contributed by atoms with Crippen LogP contribution in [0.5, 0.6) is 0 Å². The molecule has 0 saturated heterocycles. The molecular weight excluding hydrogens is 204 g/mol. The van der Waals surface area contributed by atoms with Gasteiger partial charge in [-0.2, -0.15) is 0 Å². The van der Waals surface area contributed by atoms with Crippen molar-refractivity contribution >= 4 is 23.4 Å². The molecule has 3 heteroatoms. The average molecular weight is 217 g/mol. The molecule has 0 amide bonds. The van der Waals surface area contributed by atoms with Gasteiger partial charge < -0.3 is 5.11 Å². The largest absolute Gasteiger partial charge is 0.393 e. The summed E-state index contributed by atoms with van der Waals surface area (Å²) < 4.78 is 0. The zero-order valence-corrected chi connectivity index (χ0v) is 9.32. The molecule has 0 radical (unpaired) electrons. The maximum absolute atomic E-state index is 9.28. The van der Waals surface area contributed by atoms with E-state index in [-0.39, 0.29) is 6.10 Å². The maximum atomic E-state index is 9.28. The van der Waals surface area contributed by atoms with Crippen LogP contribution in [0.1, 0.15) is 12.5 Å². The first-order valence-electron chi connectivity index (χ1n) is 4.14. The van der Waals surface area contributed by atoms with Gasteiger partial charge in [-0.15, -0.1) is 11.8 Å².